The highest BCUT2D eigenvalue weighted by Gasteiger charge is 2.15. The standard InChI is InChI=1S/C18H17NO3S3/c1-10-12(8-16(25-10)18(23)22-4)17-19-13(9-24-17)11-5-6-14(20-2)15(7-11)21-3/h5-9H,1-4H3. The molecular weight excluding hydrogens is 374 g/mol. The molecule has 0 unspecified atom stereocenters. The fraction of sp³-hybridized carbons (Fsp3) is 0.222. The number of hydrogen-bond donors (Lipinski definition) is 0. The van der Waals surface area contributed by atoms with Crippen LogP contribution < -0.4 is 9.47 Å². The van der Waals surface area contributed by atoms with Crippen LogP contribution >= 0.6 is 34.9 Å². The molecule has 0 N–H and O–H groups in total. The van der Waals surface area contributed by atoms with Crippen LogP contribution in [0.1, 0.15) is 9.75 Å². The zero-order valence-corrected chi connectivity index (χ0v) is 16.7. The van der Waals surface area contributed by atoms with E-state index in [1.165, 1.54) is 4.88 Å². The number of rotatable bonds is 5. The number of aryl methyl sites for hydroxylation is 1. The molecule has 0 aliphatic heterocycles. The van der Waals surface area contributed by atoms with Gasteiger partial charge in [-0.1, -0.05) is 0 Å². The van der Waals surface area contributed by atoms with E-state index in [-0.39, 0.29) is 0 Å². The van der Waals surface area contributed by atoms with E-state index in [0.717, 1.165) is 26.7 Å². The first kappa shape index (κ1) is 17.8. The van der Waals surface area contributed by atoms with E-state index in [1.54, 1.807) is 44.0 Å². The third-order valence-corrected chi connectivity index (χ3v) is 6.16. The second-order valence-corrected chi connectivity index (χ2v) is 7.66. The molecule has 0 saturated heterocycles. The van der Waals surface area contributed by atoms with Crippen molar-refractivity contribution in [2.75, 3.05) is 21.3 Å². The number of benzene rings is 1. The average Bonchev–Trinajstić information content (AvgIpc) is 3.27. The van der Waals surface area contributed by atoms with Gasteiger partial charge in [0.1, 0.15) is 5.01 Å². The molecule has 3 aromatic rings. The Morgan fingerprint density at radius 2 is 1.84 bits per heavy atom. The average molecular weight is 392 g/mol. The minimum absolute atomic E-state index is 0.510. The van der Waals surface area contributed by atoms with Crippen molar-refractivity contribution in [1.29, 1.82) is 0 Å². The number of thiazole rings is 1. The van der Waals surface area contributed by atoms with Crippen LogP contribution in [0, 0.1) is 6.92 Å². The van der Waals surface area contributed by atoms with Crippen LogP contribution in [-0.2, 0) is 4.74 Å². The van der Waals surface area contributed by atoms with Gasteiger partial charge in [0.2, 0.25) is 5.05 Å². The maximum Gasteiger partial charge on any atom is 0.201 e. The number of hydrogen-bond acceptors (Lipinski definition) is 7. The van der Waals surface area contributed by atoms with Gasteiger partial charge >= 0.3 is 0 Å². The first-order valence-corrected chi connectivity index (χ1v) is 9.54. The molecule has 0 fully saturated rings. The lowest BCUT2D eigenvalue weighted by Crippen LogP contribution is -1.94. The van der Waals surface area contributed by atoms with Gasteiger partial charge in [-0.05, 0) is 43.4 Å². The van der Waals surface area contributed by atoms with E-state index < -0.39 is 0 Å². The SMILES string of the molecule is COC(=S)c1cc(-c2nc(-c3ccc(OC)c(OC)c3)cs2)c(C)s1. The molecule has 1 aromatic carbocycles. The molecule has 130 valence electrons. The molecule has 4 nitrogen and oxygen atoms in total. The van der Waals surface area contributed by atoms with Crippen molar-refractivity contribution in [3.8, 4) is 33.3 Å². The highest BCUT2D eigenvalue weighted by molar-refractivity contribution is 7.80. The summed E-state index contributed by atoms with van der Waals surface area (Å²) >= 11 is 8.45. The van der Waals surface area contributed by atoms with E-state index in [1.807, 2.05) is 29.6 Å². The fourth-order valence-electron chi connectivity index (χ4n) is 2.42. The van der Waals surface area contributed by atoms with Gasteiger partial charge in [0, 0.05) is 21.4 Å². The Hall–Kier alpha value is -1.96. The molecule has 0 spiro atoms. The lowest BCUT2D eigenvalue weighted by atomic mass is 10.1. The van der Waals surface area contributed by atoms with Gasteiger partial charge in [-0.15, -0.1) is 22.7 Å². The molecule has 0 aliphatic carbocycles. The van der Waals surface area contributed by atoms with Crippen LogP contribution in [0.2, 0.25) is 0 Å². The quantitative estimate of drug-likeness (QED) is 0.560. The van der Waals surface area contributed by atoms with Gasteiger partial charge in [0.25, 0.3) is 0 Å². The van der Waals surface area contributed by atoms with Crippen molar-refractivity contribution in [3.05, 3.63) is 39.4 Å². The molecule has 0 saturated carbocycles. The Labute approximate surface area is 160 Å². The molecule has 0 aliphatic rings. The third-order valence-electron chi connectivity index (χ3n) is 3.72. The van der Waals surface area contributed by atoms with Gasteiger partial charge in [-0.2, -0.15) is 0 Å². The Morgan fingerprint density at radius 3 is 2.52 bits per heavy atom. The Balaban J connectivity index is 1.96. The maximum absolute atomic E-state index is 5.38. The van der Waals surface area contributed by atoms with Crippen LogP contribution in [0.5, 0.6) is 11.5 Å². The number of aromatic nitrogens is 1. The first-order chi connectivity index (χ1) is 12.1. The minimum atomic E-state index is 0.510. The van der Waals surface area contributed by atoms with Crippen molar-refractivity contribution in [2.45, 2.75) is 6.92 Å². The van der Waals surface area contributed by atoms with E-state index in [9.17, 15) is 0 Å². The second kappa shape index (κ2) is 7.51. The monoisotopic (exact) mass is 391 g/mol. The Kier molecular flexibility index (Phi) is 5.36. The smallest absolute Gasteiger partial charge is 0.201 e. The first-order valence-electron chi connectivity index (χ1n) is 7.44. The molecule has 25 heavy (non-hydrogen) atoms. The highest BCUT2D eigenvalue weighted by atomic mass is 32.1. The van der Waals surface area contributed by atoms with Crippen LogP contribution in [0.4, 0.5) is 0 Å². The lowest BCUT2D eigenvalue weighted by Gasteiger charge is -2.08. The van der Waals surface area contributed by atoms with Crippen LogP contribution in [0.15, 0.2) is 29.6 Å². The van der Waals surface area contributed by atoms with Gasteiger partial charge in [-0.25, -0.2) is 4.98 Å². The zero-order valence-electron chi connectivity index (χ0n) is 14.3. The summed E-state index contributed by atoms with van der Waals surface area (Å²) in [7, 11) is 4.85. The molecule has 0 radical (unpaired) electrons. The Bertz CT molecular complexity index is 914. The van der Waals surface area contributed by atoms with E-state index in [0.29, 0.717) is 16.5 Å². The van der Waals surface area contributed by atoms with Gasteiger partial charge in [0.05, 0.1) is 31.9 Å². The summed E-state index contributed by atoms with van der Waals surface area (Å²) in [6.45, 7) is 2.07. The lowest BCUT2D eigenvalue weighted by molar-refractivity contribution is 0.355. The topological polar surface area (TPSA) is 40.6 Å². The third kappa shape index (κ3) is 3.53. The second-order valence-electron chi connectivity index (χ2n) is 5.18. The predicted octanol–water partition coefficient (Wildman–Crippen LogP) is 5.19. The Morgan fingerprint density at radius 1 is 1.08 bits per heavy atom. The number of thiophene rings is 1. The number of nitrogens with zero attached hydrogens (tertiary/aromatic N) is 1. The largest absolute Gasteiger partial charge is 0.493 e. The summed E-state index contributed by atoms with van der Waals surface area (Å²) in [6.07, 6.45) is 0. The van der Waals surface area contributed by atoms with Crippen molar-refractivity contribution in [2.24, 2.45) is 0 Å². The summed E-state index contributed by atoms with van der Waals surface area (Å²) in [6, 6.07) is 7.84. The highest BCUT2D eigenvalue weighted by Crippen LogP contribution is 2.37. The van der Waals surface area contributed by atoms with Crippen molar-refractivity contribution in [3.63, 3.8) is 0 Å². The van der Waals surface area contributed by atoms with Gasteiger partial charge in [0.15, 0.2) is 11.5 Å². The molecule has 7 heteroatoms. The zero-order chi connectivity index (χ0) is 18.0. The molecule has 2 heterocycles. The van der Waals surface area contributed by atoms with E-state index in [2.05, 4.69) is 6.92 Å². The van der Waals surface area contributed by atoms with Gasteiger partial charge in [-0.3, -0.25) is 0 Å². The molecule has 0 atom stereocenters. The predicted molar refractivity (Wildman–Crippen MR) is 107 cm³/mol. The van der Waals surface area contributed by atoms with Crippen LogP contribution in [0.25, 0.3) is 21.8 Å². The molecule has 0 bridgehead atoms. The summed E-state index contributed by atoms with van der Waals surface area (Å²) < 4.78 is 15.8. The summed E-state index contributed by atoms with van der Waals surface area (Å²) in [5, 5.41) is 3.52. The number of ether oxygens (including phenoxy) is 3. The molecular formula is C18H17NO3S3. The summed E-state index contributed by atoms with van der Waals surface area (Å²) in [4.78, 5) is 6.91. The van der Waals surface area contributed by atoms with Crippen molar-refractivity contribution < 1.29 is 14.2 Å². The van der Waals surface area contributed by atoms with Crippen molar-refractivity contribution >= 4 is 39.9 Å². The van der Waals surface area contributed by atoms with Crippen molar-refractivity contribution in [1.82, 2.24) is 4.98 Å². The number of thiocarbonyl (C=S) groups is 1. The van der Waals surface area contributed by atoms with Gasteiger partial charge < -0.3 is 14.2 Å². The van der Waals surface area contributed by atoms with E-state index >= 15 is 0 Å². The maximum atomic E-state index is 5.38. The fourth-order valence-corrected chi connectivity index (χ4v) is 4.51. The summed E-state index contributed by atoms with van der Waals surface area (Å²) in [5.74, 6) is 1.39. The van der Waals surface area contributed by atoms with Crippen LogP contribution in [-0.4, -0.2) is 31.4 Å². The number of methoxy groups -OCH3 is 3. The summed E-state index contributed by atoms with van der Waals surface area (Å²) in [5.41, 5.74) is 2.99. The molecule has 3 rings (SSSR count). The minimum Gasteiger partial charge on any atom is -0.493 e. The van der Waals surface area contributed by atoms with Crippen LogP contribution in [0.3, 0.4) is 0 Å². The molecule has 2 aromatic heterocycles. The molecule has 0 amide bonds. The normalized spacial score (nSPS) is 10.6. The van der Waals surface area contributed by atoms with E-state index in [4.69, 9.17) is 31.4 Å².